The maximum absolute atomic E-state index is 12.8. The van der Waals surface area contributed by atoms with E-state index in [4.69, 9.17) is 9.47 Å². The van der Waals surface area contributed by atoms with Gasteiger partial charge in [0.25, 0.3) is 0 Å². The number of carbonyl (C=O) groups excluding carboxylic acids is 1. The number of benzene rings is 2. The van der Waals surface area contributed by atoms with Gasteiger partial charge in [0.1, 0.15) is 0 Å². The molecule has 3 aromatic rings. The summed E-state index contributed by atoms with van der Waals surface area (Å²) in [6, 6.07) is 13.2. The Labute approximate surface area is 154 Å². The minimum Gasteiger partial charge on any atom is -0.493 e. The topological polar surface area (TPSA) is 79.1 Å². The summed E-state index contributed by atoms with van der Waals surface area (Å²) in [5, 5.41) is 12.2. The number of methoxy groups -OCH3 is 2. The fraction of sp³-hybridized carbons (Fsp3) is 0.222. The Bertz CT molecular complexity index is 958. The smallest absolute Gasteiger partial charge is 0.214 e. The summed E-state index contributed by atoms with van der Waals surface area (Å²) in [7, 11) is 3.14. The zero-order valence-electron chi connectivity index (χ0n) is 14.2. The van der Waals surface area contributed by atoms with Crippen molar-refractivity contribution >= 4 is 17.5 Å². The second kappa shape index (κ2) is 6.80. The first kappa shape index (κ1) is 16.6. The van der Waals surface area contributed by atoms with E-state index in [9.17, 15) is 4.79 Å². The number of carbonyl (C=O) groups is 1. The predicted octanol–water partition coefficient (Wildman–Crippen LogP) is 2.58. The molecule has 8 heteroatoms. The number of fused-ring (bicyclic) bond motifs is 1. The molecule has 1 aliphatic rings. The number of aromatic nitrogens is 4. The number of thioether (sulfide) groups is 1. The number of hydrogen-bond donors (Lipinski definition) is 0. The van der Waals surface area contributed by atoms with Crippen LogP contribution in [0, 0.1) is 0 Å². The molecule has 0 aliphatic heterocycles. The molecule has 0 amide bonds. The van der Waals surface area contributed by atoms with E-state index in [0.29, 0.717) is 28.6 Å². The maximum atomic E-state index is 12.8. The molecule has 1 heterocycles. The van der Waals surface area contributed by atoms with Crippen LogP contribution in [0.4, 0.5) is 0 Å². The Kier molecular flexibility index (Phi) is 4.34. The Hall–Kier alpha value is -2.87. The molecule has 2 aromatic carbocycles. The molecule has 0 radical (unpaired) electrons. The average Bonchev–Trinajstić information content (AvgIpc) is 3.26. The number of Topliss-reactive ketones (excluding diaryl/α,β-unsaturated/α-hetero) is 1. The predicted molar refractivity (Wildman–Crippen MR) is 96.4 cm³/mol. The first-order chi connectivity index (χ1) is 12.7. The molecule has 132 valence electrons. The van der Waals surface area contributed by atoms with Gasteiger partial charge in [-0.1, -0.05) is 30.0 Å². The average molecular weight is 368 g/mol. The summed E-state index contributed by atoms with van der Waals surface area (Å²) in [5.74, 6) is 1.23. The van der Waals surface area contributed by atoms with Crippen LogP contribution in [-0.4, -0.2) is 45.5 Å². The van der Waals surface area contributed by atoms with Crippen molar-refractivity contribution in [3.63, 3.8) is 0 Å². The fourth-order valence-electron chi connectivity index (χ4n) is 2.99. The van der Waals surface area contributed by atoms with Gasteiger partial charge in [0.05, 0.1) is 25.2 Å². The standard InChI is InChI=1S/C18H16N4O3S/c1-24-14-8-11-9-16(17(23)13(11)10-15(14)25-2)26-18-19-20-21-22(18)12-6-4-3-5-7-12/h3-8,10,16H,9H2,1-2H3. The van der Waals surface area contributed by atoms with Gasteiger partial charge in [-0.25, -0.2) is 0 Å². The van der Waals surface area contributed by atoms with Gasteiger partial charge >= 0.3 is 0 Å². The molecule has 1 atom stereocenters. The highest BCUT2D eigenvalue weighted by Crippen LogP contribution is 2.39. The molecule has 26 heavy (non-hydrogen) atoms. The summed E-state index contributed by atoms with van der Waals surface area (Å²) in [4.78, 5) is 12.8. The third kappa shape index (κ3) is 2.82. The fourth-order valence-corrected chi connectivity index (χ4v) is 4.07. The van der Waals surface area contributed by atoms with Gasteiger partial charge in [-0.3, -0.25) is 4.79 Å². The number of para-hydroxylation sites is 1. The van der Waals surface area contributed by atoms with E-state index in [1.54, 1.807) is 25.0 Å². The van der Waals surface area contributed by atoms with E-state index in [0.717, 1.165) is 11.3 Å². The number of nitrogens with zero attached hydrogens (tertiary/aromatic N) is 4. The van der Waals surface area contributed by atoms with Gasteiger partial charge in [0.2, 0.25) is 5.16 Å². The molecule has 0 spiro atoms. The third-order valence-electron chi connectivity index (χ3n) is 4.26. The zero-order chi connectivity index (χ0) is 18.1. The van der Waals surface area contributed by atoms with Crippen LogP contribution in [0.25, 0.3) is 5.69 Å². The maximum Gasteiger partial charge on any atom is 0.214 e. The Morgan fingerprint density at radius 2 is 1.85 bits per heavy atom. The number of ketones is 1. The zero-order valence-corrected chi connectivity index (χ0v) is 15.1. The van der Waals surface area contributed by atoms with Crippen LogP contribution < -0.4 is 9.47 Å². The lowest BCUT2D eigenvalue weighted by Crippen LogP contribution is -2.13. The van der Waals surface area contributed by atoms with E-state index in [1.165, 1.54) is 11.8 Å². The van der Waals surface area contributed by atoms with Crippen molar-refractivity contribution < 1.29 is 14.3 Å². The summed E-state index contributed by atoms with van der Waals surface area (Å²) in [6.45, 7) is 0. The molecule has 0 N–H and O–H groups in total. The molecule has 0 fully saturated rings. The van der Waals surface area contributed by atoms with Crippen LogP contribution in [0.5, 0.6) is 11.5 Å². The molecule has 1 unspecified atom stereocenters. The van der Waals surface area contributed by atoms with Crippen molar-refractivity contribution in [2.24, 2.45) is 0 Å². The molecule has 0 saturated heterocycles. The van der Waals surface area contributed by atoms with E-state index in [1.807, 2.05) is 36.4 Å². The van der Waals surface area contributed by atoms with E-state index >= 15 is 0 Å². The van der Waals surface area contributed by atoms with E-state index < -0.39 is 0 Å². The van der Waals surface area contributed by atoms with E-state index in [-0.39, 0.29) is 11.0 Å². The number of ether oxygens (including phenoxy) is 2. The van der Waals surface area contributed by atoms with Crippen LogP contribution in [-0.2, 0) is 6.42 Å². The molecule has 1 aliphatic carbocycles. The van der Waals surface area contributed by atoms with Gasteiger partial charge in [-0.05, 0) is 46.7 Å². The second-order valence-electron chi connectivity index (χ2n) is 5.75. The largest absolute Gasteiger partial charge is 0.493 e. The lowest BCUT2D eigenvalue weighted by Gasteiger charge is -2.09. The van der Waals surface area contributed by atoms with E-state index in [2.05, 4.69) is 15.5 Å². The van der Waals surface area contributed by atoms with Crippen LogP contribution in [0.1, 0.15) is 15.9 Å². The number of tetrazole rings is 1. The SMILES string of the molecule is COc1cc2c(cc1OC)C(=O)C(Sc1nnnn1-c1ccccc1)C2. The summed E-state index contributed by atoms with van der Waals surface area (Å²) >= 11 is 1.37. The first-order valence-corrected chi connectivity index (χ1v) is 8.89. The highest BCUT2D eigenvalue weighted by Gasteiger charge is 2.34. The molecule has 0 bridgehead atoms. The summed E-state index contributed by atoms with van der Waals surface area (Å²) < 4.78 is 12.3. The molecular formula is C18H16N4O3S. The van der Waals surface area contributed by atoms with Gasteiger partial charge in [-0.2, -0.15) is 4.68 Å². The minimum absolute atomic E-state index is 0.0496. The van der Waals surface area contributed by atoms with Gasteiger partial charge in [-0.15, -0.1) is 5.10 Å². The molecule has 1 aromatic heterocycles. The van der Waals surface area contributed by atoms with Crippen molar-refractivity contribution in [1.29, 1.82) is 0 Å². The van der Waals surface area contributed by atoms with Crippen molar-refractivity contribution in [2.75, 3.05) is 14.2 Å². The lowest BCUT2D eigenvalue weighted by molar-refractivity contribution is 0.1000. The Morgan fingerprint density at radius 1 is 1.12 bits per heavy atom. The van der Waals surface area contributed by atoms with Crippen molar-refractivity contribution in [2.45, 2.75) is 16.8 Å². The van der Waals surface area contributed by atoms with Gasteiger partial charge in [0, 0.05) is 5.56 Å². The van der Waals surface area contributed by atoms with Crippen LogP contribution >= 0.6 is 11.8 Å². The molecule has 0 saturated carbocycles. The van der Waals surface area contributed by atoms with Crippen molar-refractivity contribution in [1.82, 2.24) is 20.2 Å². The monoisotopic (exact) mass is 368 g/mol. The Balaban J connectivity index is 1.62. The molecular weight excluding hydrogens is 352 g/mol. The van der Waals surface area contributed by atoms with Crippen LogP contribution in [0.3, 0.4) is 0 Å². The highest BCUT2D eigenvalue weighted by molar-refractivity contribution is 8.00. The number of hydrogen-bond acceptors (Lipinski definition) is 7. The summed E-state index contributed by atoms with van der Waals surface area (Å²) in [5.41, 5.74) is 2.47. The summed E-state index contributed by atoms with van der Waals surface area (Å²) in [6.07, 6.45) is 0.598. The lowest BCUT2D eigenvalue weighted by atomic mass is 10.1. The van der Waals surface area contributed by atoms with Gasteiger partial charge < -0.3 is 9.47 Å². The Morgan fingerprint density at radius 3 is 2.58 bits per heavy atom. The van der Waals surface area contributed by atoms with Gasteiger partial charge in [0.15, 0.2) is 17.3 Å². The first-order valence-electron chi connectivity index (χ1n) is 8.01. The quantitative estimate of drug-likeness (QED) is 0.685. The van der Waals surface area contributed by atoms with Crippen LogP contribution in [0.2, 0.25) is 0 Å². The normalized spacial score (nSPS) is 15.8. The molecule has 4 rings (SSSR count). The third-order valence-corrected chi connectivity index (χ3v) is 5.39. The highest BCUT2D eigenvalue weighted by atomic mass is 32.2. The van der Waals surface area contributed by atoms with Crippen molar-refractivity contribution in [3.05, 3.63) is 53.6 Å². The number of rotatable bonds is 5. The van der Waals surface area contributed by atoms with Crippen molar-refractivity contribution in [3.8, 4) is 17.2 Å². The van der Waals surface area contributed by atoms with Crippen LogP contribution in [0.15, 0.2) is 47.6 Å². The molecule has 7 nitrogen and oxygen atoms in total. The second-order valence-corrected chi connectivity index (χ2v) is 6.92. The minimum atomic E-state index is -0.282.